The van der Waals surface area contributed by atoms with Crippen LogP contribution in [0.5, 0.6) is 11.5 Å². The number of hydrogen-bond donors (Lipinski definition) is 0. The van der Waals surface area contributed by atoms with Gasteiger partial charge in [-0.05, 0) is 60.2 Å². The first kappa shape index (κ1) is 14.9. The number of rotatable bonds is 2. The van der Waals surface area contributed by atoms with Gasteiger partial charge in [-0.25, -0.2) is 0 Å². The molecule has 0 saturated heterocycles. The molecule has 0 unspecified atom stereocenters. The summed E-state index contributed by atoms with van der Waals surface area (Å²) in [6.07, 6.45) is 0. The monoisotopic (exact) mass is 288 g/mol. The quantitative estimate of drug-likeness (QED) is 0.654. The summed E-state index contributed by atoms with van der Waals surface area (Å²) >= 11 is 6.17. The van der Waals surface area contributed by atoms with Crippen molar-refractivity contribution in [2.24, 2.45) is 0 Å². The Hall–Kier alpha value is -1.47. The van der Waals surface area contributed by atoms with E-state index in [9.17, 15) is 0 Å². The van der Waals surface area contributed by atoms with Gasteiger partial charge in [0.1, 0.15) is 11.5 Å². The molecule has 0 radical (unpaired) electrons. The standard InChI is InChI=1S/C18H21ClO/c1-12-10-16(11-13(2)17(12)19)20-15-8-6-14(7-9-15)18(3,4)5/h6-11H,1-5H3. The van der Waals surface area contributed by atoms with Gasteiger partial charge in [-0.1, -0.05) is 44.5 Å². The Morgan fingerprint density at radius 1 is 0.850 bits per heavy atom. The van der Waals surface area contributed by atoms with Gasteiger partial charge in [0.15, 0.2) is 0 Å². The third kappa shape index (κ3) is 3.34. The van der Waals surface area contributed by atoms with Crippen LogP contribution >= 0.6 is 11.6 Å². The molecule has 0 heterocycles. The highest BCUT2D eigenvalue weighted by Gasteiger charge is 2.13. The minimum atomic E-state index is 0.159. The summed E-state index contributed by atoms with van der Waals surface area (Å²) in [7, 11) is 0. The molecule has 0 aliphatic rings. The molecule has 106 valence electrons. The first-order valence-electron chi connectivity index (χ1n) is 6.82. The van der Waals surface area contributed by atoms with Crippen LogP contribution in [-0.4, -0.2) is 0 Å². The molecule has 0 aromatic heterocycles. The first-order valence-corrected chi connectivity index (χ1v) is 7.20. The van der Waals surface area contributed by atoms with E-state index < -0.39 is 0 Å². The average molecular weight is 289 g/mol. The second-order valence-electron chi connectivity index (χ2n) is 6.25. The molecular weight excluding hydrogens is 268 g/mol. The molecule has 0 amide bonds. The molecule has 0 spiro atoms. The summed E-state index contributed by atoms with van der Waals surface area (Å²) < 4.78 is 5.90. The molecule has 2 aromatic rings. The summed E-state index contributed by atoms with van der Waals surface area (Å²) in [5.74, 6) is 1.67. The zero-order valence-electron chi connectivity index (χ0n) is 12.8. The maximum absolute atomic E-state index is 6.17. The SMILES string of the molecule is Cc1cc(Oc2ccc(C(C)(C)C)cc2)cc(C)c1Cl. The van der Waals surface area contributed by atoms with E-state index in [1.54, 1.807) is 0 Å². The van der Waals surface area contributed by atoms with Crippen LogP contribution in [0.1, 0.15) is 37.5 Å². The fourth-order valence-electron chi connectivity index (χ4n) is 2.12. The molecule has 0 fully saturated rings. The predicted molar refractivity (Wildman–Crippen MR) is 86.1 cm³/mol. The van der Waals surface area contributed by atoms with Gasteiger partial charge < -0.3 is 4.74 Å². The smallest absolute Gasteiger partial charge is 0.128 e. The van der Waals surface area contributed by atoms with Crippen molar-refractivity contribution in [2.45, 2.75) is 40.0 Å². The molecule has 0 N–H and O–H groups in total. The second-order valence-corrected chi connectivity index (χ2v) is 6.63. The van der Waals surface area contributed by atoms with Gasteiger partial charge in [-0.3, -0.25) is 0 Å². The van der Waals surface area contributed by atoms with Crippen LogP contribution in [0.25, 0.3) is 0 Å². The van der Waals surface area contributed by atoms with E-state index in [-0.39, 0.29) is 5.41 Å². The minimum absolute atomic E-state index is 0.159. The minimum Gasteiger partial charge on any atom is -0.457 e. The van der Waals surface area contributed by atoms with E-state index in [1.165, 1.54) is 5.56 Å². The zero-order chi connectivity index (χ0) is 14.9. The van der Waals surface area contributed by atoms with Crippen LogP contribution in [0.2, 0.25) is 5.02 Å². The predicted octanol–water partition coefficient (Wildman–Crippen LogP) is 6.05. The molecule has 2 rings (SSSR count). The van der Waals surface area contributed by atoms with E-state index in [4.69, 9.17) is 16.3 Å². The van der Waals surface area contributed by atoms with Gasteiger partial charge >= 0.3 is 0 Å². The van der Waals surface area contributed by atoms with Gasteiger partial charge in [0.05, 0.1) is 0 Å². The van der Waals surface area contributed by atoms with E-state index in [0.717, 1.165) is 27.6 Å². The molecule has 2 aromatic carbocycles. The van der Waals surface area contributed by atoms with Crippen molar-refractivity contribution in [1.29, 1.82) is 0 Å². The normalized spacial score (nSPS) is 11.5. The molecule has 0 bridgehead atoms. The van der Waals surface area contributed by atoms with E-state index >= 15 is 0 Å². The second kappa shape index (κ2) is 5.49. The number of halogens is 1. The average Bonchev–Trinajstić information content (AvgIpc) is 2.35. The lowest BCUT2D eigenvalue weighted by molar-refractivity contribution is 0.480. The van der Waals surface area contributed by atoms with Crippen LogP contribution in [0.15, 0.2) is 36.4 Å². The van der Waals surface area contributed by atoms with Crippen molar-refractivity contribution in [3.8, 4) is 11.5 Å². The van der Waals surface area contributed by atoms with Crippen molar-refractivity contribution in [1.82, 2.24) is 0 Å². The maximum Gasteiger partial charge on any atom is 0.128 e. The van der Waals surface area contributed by atoms with Crippen LogP contribution in [-0.2, 0) is 5.41 Å². The Bertz CT molecular complexity index is 583. The molecule has 0 aliphatic carbocycles. The Morgan fingerprint density at radius 3 is 1.80 bits per heavy atom. The topological polar surface area (TPSA) is 9.23 Å². The van der Waals surface area contributed by atoms with Crippen molar-refractivity contribution in [2.75, 3.05) is 0 Å². The number of hydrogen-bond acceptors (Lipinski definition) is 1. The summed E-state index contributed by atoms with van der Waals surface area (Å²) in [6.45, 7) is 10.6. The Morgan fingerprint density at radius 2 is 1.35 bits per heavy atom. The number of aryl methyl sites for hydroxylation is 2. The van der Waals surface area contributed by atoms with Crippen molar-refractivity contribution in [3.63, 3.8) is 0 Å². The molecule has 0 atom stereocenters. The highest BCUT2D eigenvalue weighted by Crippen LogP contribution is 2.30. The van der Waals surface area contributed by atoms with Crippen LogP contribution in [0, 0.1) is 13.8 Å². The lowest BCUT2D eigenvalue weighted by atomic mass is 9.87. The fourth-order valence-corrected chi connectivity index (χ4v) is 2.23. The van der Waals surface area contributed by atoms with Crippen molar-refractivity contribution >= 4 is 11.6 Å². The Balaban J connectivity index is 2.23. The van der Waals surface area contributed by atoms with Gasteiger partial charge in [-0.15, -0.1) is 0 Å². The van der Waals surface area contributed by atoms with E-state index in [2.05, 4.69) is 32.9 Å². The molecule has 0 saturated carbocycles. The highest BCUT2D eigenvalue weighted by molar-refractivity contribution is 6.32. The Labute approximate surface area is 126 Å². The summed E-state index contributed by atoms with van der Waals surface area (Å²) in [4.78, 5) is 0. The Kier molecular flexibility index (Phi) is 4.10. The first-order chi connectivity index (χ1) is 9.27. The number of ether oxygens (including phenoxy) is 1. The molecule has 1 nitrogen and oxygen atoms in total. The maximum atomic E-state index is 6.17. The van der Waals surface area contributed by atoms with Gasteiger partial charge in [-0.2, -0.15) is 0 Å². The summed E-state index contributed by atoms with van der Waals surface area (Å²) in [5, 5.41) is 0.806. The number of benzene rings is 2. The third-order valence-corrected chi connectivity index (χ3v) is 3.96. The third-order valence-electron chi connectivity index (χ3n) is 3.37. The van der Waals surface area contributed by atoms with Crippen LogP contribution in [0.4, 0.5) is 0 Å². The van der Waals surface area contributed by atoms with Crippen LogP contribution in [0.3, 0.4) is 0 Å². The molecule has 0 aliphatic heterocycles. The van der Waals surface area contributed by atoms with Gasteiger partial charge in [0.2, 0.25) is 0 Å². The van der Waals surface area contributed by atoms with Crippen molar-refractivity contribution in [3.05, 3.63) is 58.1 Å². The molecule has 20 heavy (non-hydrogen) atoms. The lowest BCUT2D eigenvalue weighted by Gasteiger charge is -2.19. The summed E-state index contributed by atoms with van der Waals surface area (Å²) in [6, 6.07) is 12.2. The van der Waals surface area contributed by atoms with Crippen LogP contribution < -0.4 is 4.74 Å². The summed E-state index contributed by atoms with van der Waals surface area (Å²) in [5.41, 5.74) is 3.53. The van der Waals surface area contributed by atoms with Crippen molar-refractivity contribution < 1.29 is 4.74 Å². The van der Waals surface area contributed by atoms with Gasteiger partial charge in [0, 0.05) is 5.02 Å². The zero-order valence-corrected chi connectivity index (χ0v) is 13.5. The van der Waals surface area contributed by atoms with Gasteiger partial charge in [0.25, 0.3) is 0 Å². The molecular formula is C18H21ClO. The fraction of sp³-hybridized carbons (Fsp3) is 0.333. The highest BCUT2D eigenvalue weighted by atomic mass is 35.5. The van der Waals surface area contributed by atoms with E-state index in [0.29, 0.717) is 0 Å². The lowest BCUT2D eigenvalue weighted by Crippen LogP contribution is -2.10. The van der Waals surface area contributed by atoms with E-state index in [1.807, 2.05) is 38.1 Å². The molecule has 2 heteroatoms. The largest absolute Gasteiger partial charge is 0.457 e.